The normalized spacial score (nSPS) is 16.7. The number of aromatic nitrogens is 4. The first kappa shape index (κ1) is 22.6. The van der Waals surface area contributed by atoms with Gasteiger partial charge < -0.3 is 9.80 Å². The van der Waals surface area contributed by atoms with Gasteiger partial charge in [-0.05, 0) is 36.1 Å². The number of hydrogen-bond acceptors (Lipinski definition) is 6. The molecule has 8 nitrogen and oxygen atoms in total. The Morgan fingerprint density at radius 3 is 2.39 bits per heavy atom. The van der Waals surface area contributed by atoms with Gasteiger partial charge in [-0.2, -0.15) is 0 Å². The maximum atomic E-state index is 13.1. The Hall–Kier alpha value is -3.55. The van der Waals surface area contributed by atoms with E-state index in [9.17, 15) is 9.59 Å². The fraction of sp³-hybridized carbons (Fsp3) is 0.400. The molecular formula is C25H30N6O2. The molecule has 0 bridgehead atoms. The van der Waals surface area contributed by atoms with Crippen molar-refractivity contribution in [1.82, 2.24) is 24.4 Å². The highest BCUT2D eigenvalue weighted by molar-refractivity contribution is 5.94. The SMILES string of the molecule is C[C@@H]1CN(C(=O)c2ccc(C(C)(C)C)cc2)CCN1c1nc(-c2ccncn2)cc(=O)n1C. The van der Waals surface area contributed by atoms with Crippen LogP contribution in [0.15, 0.2) is 53.7 Å². The average Bonchev–Trinajstić information content (AvgIpc) is 2.80. The summed E-state index contributed by atoms with van der Waals surface area (Å²) in [4.78, 5) is 42.6. The van der Waals surface area contributed by atoms with E-state index in [1.807, 2.05) is 36.1 Å². The highest BCUT2D eigenvalue weighted by Crippen LogP contribution is 2.24. The van der Waals surface area contributed by atoms with Crippen molar-refractivity contribution in [2.24, 2.45) is 7.05 Å². The van der Waals surface area contributed by atoms with E-state index >= 15 is 0 Å². The lowest BCUT2D eigenvalue weighted by Gasteiger charge is -2.41. The van der Waals surface area contributed by atoms with Gasteiger partial charge in [0.1, 0.15) is 6.33 Å². The third kappa shape index (κ3) is 4.65. The first-order valence-corrected chi connectivity index (χ1v) is 11.2. The van der Waals surface area contributed by atoms with Crippen LogP contribution in [0.3, 0.4) is 0 Å². The molecule has 0 N–H and O–H groups in total. The lowest BCUT2D eigenvalue weighted by atomic mass is 9.86. The standard InChI is InChI=1S/C25H30N6O2/c1-17-15-30(23(33)18-6-8-19(9-7-18)25(2,3)4)12-13-31(17)24-28-21(14-22(32)29(24)5)20-10-11-26-16-27-20/h6-11,14,16-17H,12-13,15H2,1-5H3/t17-/m1/s1. The lowest BCUT2D eigenvalue weighted by molar-refractivity contribution is 0.0725. The molecule has 0 radical (unpaired) electrons. The Labute approximate surface area is 193 Å². The minimum atomic E-state index is -0.154. The second kappa shape index (κ2) is 8.77. The number of nitrogens with zero attached hydrogens (tertiary/aromatic N) is 6. The van der Waals surface area contributed by atoms with Crippen LogP contribution in [0.2, 0.25) is 0 Å². The Kier molecular flexibility index (Phi) is 6.01. The molecule has 33 heavy (non-hydrogen) atoms. The highest BCUT2D eigenvalue weighted by Gasteiger charge is 2.30. The molecule has 1 atom stereocenters. The summed E-state index contributed by atoms with van der Waals surface area (Å²) in [6.07, 6.45) is 3.07. The van der Waals surface area contributed by atoms with Crippen LogP contribution < -0.4 is 10.5 Å². The van der Waals surface area contributed by atoms with Gasteiger partial charge in [-0.3, -0.25) is 14.2 Å². The largest absolute Gasteiger partial charge is 0.336 e. The van der Waals surface area contributed by atoms with Gasteiger partial charge in [-0.25, -0.2) is 15.0 Å². The first-order chi connectivity index (χ1) is 15.6. The molecule has 0 aliphatic carbocycles. The molecule has 172 valence electrons. The molecule has 4 rings (SSSR count). The number of anilines is 1. The van der Waals surface area contributed by atoms with Crippen molar-refractivity contribution in [2.45, 2.75) is 39.2 Å². The molecule has 0 spiro atoms. The van der Waals surface area contributed by atoms with Crippen LogP contribution in [0.4, 0.5) is 5.95 Å². The van der Waals surface area contributed by atoms with Crippen LogP contribution in [0.25, 0.3) is 11.4 Å². The van der Waals surface area contributed by atoms with Gasteiger partial charge in [0.2, 0.25) is 5.95 Å². The summed E-state index contributed by atoms with van der Waals surface area (Å²) in [5.41, 5.74) is 2.90. The molecule has 1 aliphatic rings. The zero-order chi connectivity index (χ0) is 23.8. The summed E-state index contributed by atoms with van der Waals surface area (Å²) in [5.74, 6) is 0.601. The summed E-state index contributed by atoms with van der Waals surface area (Å²) in [6, 6.07) is 11.1. The summed E-state index contributed by atoms with van der Waals surface area (Å²) >= 11 is 0. The summed E-state index contributed by atoms with van der Waals surface area (Å²) in [7, 11) is 1.72. The van der Waals surface area contributed by atoms with Crippen LogP contribution >= 0.6 is 0 Å². The maximum Gasteiger partial charge on any atom is 0.255 e. The fourth-order valence-corrected chi connectivity index (χ4v) is 4.09. The van der Waals surface area contributed by atoms with E-state index in [4.69, 9.17) is 4.98 Å². The molecular weight excluding hydrogens is 416 g/mol. The topological polar surface area (TPSA) is 84.2 Å². The number of rotatable bonds is 3. The second-order valence-corrected chi connectivity index (χ2v) is 9.55. The van der Waals surface area contributed by atoms with Crippen molar-refractivity contribution in [1.29, 1.82) is 0 Å². The molecule has 3 aromatic rings. The first-order valence-electron chi connectivity index (χ1n) is 11.2. The molecule has 1 aliphatic heterocycles. The van der Waals surface area contributed by atoms with Gasteiger partial charge in [-0.1, -0.05) is 32.9 Å². The third-order valence-electron chi connectivity index (χ3n) is 6.13. The third-order valence-corrected chi connectivity index (χ3v) is 6.13. The Balaban J connectivity index is 1.54. The molecule has 8 heteroatoms. The number of amides is 1. The van der Waals surface area contributed by atoms with E-state index in [-0.39, 0.29) is 22.9 Å². The minimum absolute atomic E-state index is 0.00435. The number of carbonyl (C=O) groups excluding carboxylic acids is 1. The van der Waals surface area contributed by atoms with Crippen molar-refractivity contribution >= 4 is 11.9 Å². The van der Waals surface area contributed by atoms with Crippen molar-refractivity contribution in [3.05, 3.63) is 70.4 Å². The van der Waals surface area contributed by atoms with Crippen LogP contribution in [0.5, 0.6) is 0 Å². The van der Waals surface area contributed by atoms with Crippen molar-refractivity contribution < 1.29 is 4.79 Å². The van der Waals surface area contributed by atoms with Gasteiger partial charge in [0, 0.05) is 50.6 Å². The number of piperazine rings is 1. The molecule has 1 amide bonds. The molecule has 0 unspecified atom stereocenters. The zero-order valence-electron chi connectivity index (χ0n) is 19.8. The van der Waals surface area contributed by atoms with E-state index in [1.165, 1.54) is 18.0 Å². The fourth-order valence-electron chi connectivity index (χ4n) is 4.09. The Bertz CT molecular complexity index is 1200. The molecule has 0 saturated carbocycles. The van der Waals surface area contributed by atoms with E-state index in [2.05, 4.69) is 35.6 Å². The zero-order valence-corrected chi connectivity index (χ0v) is 19.8. The van der Waals surface area contributed by atoms with Crippen molar-refractivity contribution in [3.63, 3.8) is 0 Å². The van der Waals surface area contributed by atoms with Crippen molar-refractivity contribution in [3.8, 4) is 11.4 Å². The summed E-state index contributed by atoms with van der Waals surface area (Å²) in [5, 5.41) is 0. The lowest BCUT2D eigenvalue weighted by Crippen LogP contribution is -2.55. The summed E-state index contributed by atoms with van der Waals surface area (Å²) in [6.45, 7) is 10.2. The maximum absolute atomic E-state index is 13.1. The van der Waals surface area contributed by atoms with E-state index in [0.717, 1.165) is 0 Å². The van der Waals surface area contributed by atoms with Gasteiger partial charge >= 0.3 is 0 Å². The monoisotopic (exact) mass is 446 g/mol. The predicted octanol–water partition coefficient (Wildman–Crippen LogP) is 2.89. The van der Waals surface area contributed by atoms with E-state index in [1.54, 1.807) is 23.9 Å². The molecule has 3 heterocycles. The van der Waals surface area contributed by atoms with Crippen LogP contribution in [-0.4, -0.2) is 56.0 Å². The van der Waals surface area contributed by atoms with Gasteiger partial charge in [0.25, 0.3) is 11.5 Å². The highest BCUT2D eigenvalue weighted by atomic mass is 16.2. The Morgan fingerprint density at radius 2 is 1.79 bits per heavy atom. The molecule has 2 aromatic heterocycles. The number of benzene rings is 1. The minimum Gasteiger partial charge on any atom is -0.336 e. The van der Waals surface area contributed by atoms with E-state index < -0.39 is 0 Å². The Morgan fingerprint density at radius 1 is 1.06 bits per heavy atom. The van der Waals surface area contributed by atoms with Crippen LogP contribution in [0.1, 0.15) is 43.6 Å². The van der Waals surface area contributed by atoms with Crippen molar-refractivity contribution in [2.75, 3.05) is 24.5 Å². The van der Waals surface area contributed by atoms with Gasteiger partial charge in [0.15, 0.2) is 0 Å². The second-order valence-electron chi connectivity index (χ2n) is 9.55. The average molecular weight is 447 g/mol. The predicted molar refractivity (Wildman–Crippen MR) is 128 cm³/mol. The summed E-state index contributed by atoms with van der Waals surface area (Å²) < 4.78 is 1.55. The van der Waals surface area contributed by atoms with Gasteiger partial charge in [-0.15, -0.1) is 0 Å². The molecule has 1 aromatic carbocycles. The quantitative estimate of drug-likeness (QED) is 0.615. The smallest absolute Gasteiger partial charge is 0.255 e. The molecule has 1 fully saturated rings. The van der Waals surface area contributed by atoms with E-state index in [0.29, 0.717) is 42.5 Å². The molecule has 1 saturated heterocycles. The van der Waals surface area contributed by atoms with Gasteiger partial charge in [0.05, 0.1) is 11.4 Å². The van der Waals surface area contributed by atoms with Crippen LogP contribution in [-0.2, 0) is 12.5 Å². The van der Waals surface area contributed by atoms with Crippen LogP contribution in [0, 0.1) is 0 Å². The number of hydrogen-bond donors (Lipinski definition) is 0. The number of carbonyl (C=O) groups is 1.